The Kier molecular flexibility index (Phi) is 6.94. The van der Waals surface area contributed by atoms with Gasteiger partial charge in [-0.15, -0.1) is 0 Å². The Morgan fingerprint density at radius 3 is 2.48 bits per heavy atom. The van der Waals surface area contributed by atoms with E-state index < -0.39 is 5.97 Å². The highest BCUT2D eigenvalue weighted by atomic mass is 16.6. The molecule has 0 radical (unpaired) electrons. The van der Waals surface area contributed by atoms with Crippen molar-refractivity contribution in [1.29, 1.82) is 0 Å². The monoisotopic (exact) mass is 293 g/mol. The van der Waals surface area contributed by atoms with E-state index in [4.69, 9.17) is 9.47 Å². The van der Waals surface area contributed by atoms with Crippen LogP contribution < -0.4 is 10.1 Å². The Balaban J connectivity index is 2.27. The molecule has 0 spiro atoms. The maximum absolute atomic E-state index is 11.4. The van der Waals surface area contributed by atoms with Crippen molar-refractivity contribution in [3.8, 4) is 5.75 Å². The summed E-state index contributed by atoms with van der Waals surface area (Å²) in [5.74, 6) is -0.525. The van der Waals surface area contributed by atoms with Crippen molar-refractivity contribution >= 4 is 18.2 Å². The van der Waals surface area contributed by atoms with Gasteiger partial charge in [-0.1, -0.05) is 6.92 Å². The zero-order chi connectivity index (χ0) is 15.7. The number of carbonyl (C=O) groups excluding carboxylic acids is 3. The third-order valence-electron chi connectivity index (χ3n) is 2.76. The lowest BCUT2D eigenvalue weighted by molar-refractivity contribution is -0.150. The van der Waals surface area contributed by atoms with Gasteiger partial charge in [-0.2, -0.15) is 0 Å². The van der Waals surface area contributed by atoms with Gasteiger partial charge in [0.05, 0.1) is 0 Å². The molecule has 21 heavy (non-hydrogen) atoms. The fourth-order valence-corrected chi connectivity index (χ4v) is 1.39. The number of ether oxygens (including phenoxy) is 2. The van der Waals surface area contributed by atoms with E-state index >= 15 is 0 Å². The standard InChI is InChI=1S/C15H19NO5/c1-3-11(2)16-14(18)9-21-15(19)10-20-13-6-4-12(8-17)5-7-13/h4-8,11H,3,9-10H2,1-2H3,(H,16,18)/t11-/m1/s1. The molecule has 1 N–H and O–H groups in total. The number of rotatable bonds is 8. The van der Waals surface area contributed by atoms with Gasteiger partial charge < -0.3 is 14.8 Å². The van der Waals surface area contributed by atoms with Crippen molar-refractivity contribution in [2.75, 3.05) is 13.2 Å². The highest BCUT2D eigenvalue weighted by Crippen LogP contribution is 2.10. The van der Waals surface area contributed by atoms with Crippen molar-refractivity contribution < 1.29 is 23.9 Å². The number of nitrogens with one attached hydrogen (secondary N) is 1. The first-order valence-corrected chi connectivity index (χ1v) is 6.68. The van der Waals surface area contributed by atoms with Crippen LogP contribution in [0.2, 0.25) is 0 Å². The van der Waals surface area contributed by atoms with Crippen molar-refractivity contribution in [3.05, 3.63) is 29.8 Å². The van der Waals surface area contributed by atoms with E-state index in [1.807, 2.05) is 13.8 Å². The summed E-state index contributed by atoms with van der Waals surface area (Å²) in [6, 6.07) is 6.35. The van der Waals surface area contributed by atoms with Gasteiger partial charge in [0, 0.05) is 11.6 Å². The number of hydrogen-bond donors (Lipinski definition) is 1. The number of carbonyl (C=O) groups is 3. The van der Waals surface area contributed by atoms with Crippen LogP contribution in [-0.2, 0) is 14.3 Å². The fourth-order valence-electron chi connectivity index (χ4n) is 1.39. The minimum atomic E-state index is -0.631. The maximum atomic E-state index is 11.4. The zero-order valence-electron chi connectivity index (χ0n) is 12.1. The van der Waals surface area contributed by atoms with Crippen LogP contribution in [0.25, 0.3) is 0 Å². The van der Waals surface area contributed by atoms with E-state index in [9.17, 15) is 14.4 Å². The fraction of sp³-hybridized carbons (Fsp3) is 0.400. The molecule has 0 aliphatic carbocycles. The predicted molar refractivity (Wildman–Crippen MR) is 76.2 cm³/mol. The highest BCUT2D eigenvalue weighted by molar-refractivity contribution is 5.81. The van der Waals surface area contributed by atoms with Crippen molar-refractivity contribution in [2.24, 2.45) is 0 Å². The third-order valence-corrected chi connectivity index (χ3v) is 2.76. The number of aldehydes is 1. The highest BCUT2D eigenvalue weighted by Gasteiger charge is 2.10. The van der Waals surface area contributed by atoms with E-state index in [0.717, 1.165) is 6.42 Å². The average molecular weight is 293 g/mol. The number of hydrogen-bond acceptors (Lipinski definition) is 5. The van der Waals surface area contributed by atoms with Crippen LogP contribution in [0.1, 0.15) is 30.6 Å². The molecular weight excluding hydrogens is 274 g/mol. The second kappa shape index (κ2) is 8.73. The third kappa shape index (κ3) is 6.56. The van der Waals surface area contributed by atoms with Gasteiger partial charge in [0.1, 0.15) is 12.0 Å². The lowest BCUT2D eigenvalue weighted by Crippen LogP contribution is -2.35. The van der Waals surface area contributed by atoms with E-state index in [-0.39, 0.29) is 25.2 Å². The SMILES string of the molecule is CC[C@@H](C)NC(=O)COC(=O)COc1ccc(C=O)cc1. The largest absolute Gasteiger partial charge is 0.482 e. The van der Waals surface area contributed by atoms with Crippen LogP contribution >= 0.6 is 0 Å². The first kappa shape index (κ1) is 16.7. The van der Waals surface area contributed by atoms with E-state index in [1.54, 1.807) is 24.3 Å². The van der Waals surface area contributed by atoms with Crippen LogP contribution in [0.5, 0.6) is 5.75 Å². The number of amides is 1. The van der Waals surface area contributed by atoms with Gasteiger partial charge in [-0.3, -0.25) is 9.59 Å². The summed E-state index contributed by atoms with van der Waals surface area (Å²) in [6.45, 7) is 3.19. The van der Waals surface area contributed by atoms with Crippen LogP contribution in [0, 0.1) is 0 Å². The van der Waals surface area contributed by atoms with E-state index in [0.29, 0.717) is 17.6 Å². The molecule has 1 aromatic rings. The number of esters is 1. The summed E-state index contributed by atoms with van der Waals surface area (Å²) in [6.07, 6.45) is 1.52. The lowest BCUT2D eigenvalue weighted by atomic mass is 10.2. The van der Waals surface area contributed by atoms with Crippen molar-refractivity contribution in [3.63, 3.8) is 0 Å². The second-order valence-electron chi connectivity index (χ2n) is 4.51. The molecule has 0 saturated carbocycles. The minimum Gasteiger partial charge on any atom is -0.482 e. The molecule has 0 saturated heterocycles. The summed E-state index contributed by atoms with van der Waals surface area (Å²) in [5.41, 5.74) is 0.520. The van der Waals surface area contributed by atoms with Gasteiger partial charge in [0.25, 0.3) is 5.91 Å². The van der Waals surface area contributed by atoms with Gasteiger partial charge >= 0.3 is 5.97 Å². The molecule has 6 nitrogen and oxygen atoms in total. The average Bonchev–Trinajstić information content (AvgIpc) is 2.51. The molecule has 114 valence electrons. The molecule has 0 bridgehead atoms. The first-order chi connectivity index (χ1) is 10.0. The van der Waals surface area contributed by atoms with Crippen molar-refractivity contribution in [1.82, 2.24) is 5.32 Å². The van der Waals surface area contributed by atoms with Crippen molar-refractivity contribution in [2.45, 2.75) is 26.3 Å². The van der Waals surface area contributed by atoms with E-state index in [2.05, 4.69) is 5.32 Å². The lowest BCUT2D eigenvalue weighted by Gasteiger charge is -2.11. The predicted octanol–water partition coefficient (Wildman–Crippen LogP) is 1.34. The van der Waals surface area contributed by atoms with E-state index in [1.165, 1.54) is 0 Å². The molecule has 1 amide bonds. The van der Waals surface area contributed by atoms with Crippen LogP contribution in [0.3, 0.4) is 0 Å². The van der Waals surface area contributed by atoms with Gasteiger partial charge in [-0.25, -0.2) is 4.79 Å². The smallest absolute Gasteiger partial charge is 0.344 e. The Morgan fingerprint density at radius 2 is 1.90 bits per heavy atom. The molecule has 0 aliphatic heterocycles. The topological polar surface area (TPSA) is 81.7 Å². The molecule has 1 atom stereocenters. The summed E-state index contributed by atoms with van der Waals surface area (Å²) in [4.78, 5) is 33.3. The number of benzene rings is 1. The summed E-state index contributed by atoms with van der Waals surface area (Å²) in [5, 5.41) is 2.68. The van der Waals surface area contributed by atoms with Gasteiger partial charge in [0.15, 0.2) is 13.2 Å². The van der Waals surface area contributed by atoms with Gasteiger partial charge in [0.2, 0.25) is 0 Å². The second-order valence-corrected chi connectivity index (χ2v) is 4.51. The summed E-state index contributed by atoms with van der Waals surface area (Å²) >= 11 is 0. The normalized spacial score (nSPS) is 11.3. The molecule has 6 heteroatoms. The molecule has 0 aliphatic rings. The Hall–Kier alpha value is -2.37. The Labute approximate surface area is 123 Å². The molecule has 0 aromatic heterocycles. The van der Waals surface area contributed by atoms with Gasteiger partial charge in [-0.05, 0) is 37.6 Å². The molecular formula is C15H19NO5. The molecule has 1 rings (SSSR count). The summed E-state index contributed by atoms with van der Waals surface area (Å²) in [7, 11) is 0. The molecule has 0 fully saturated rings. The zero-order valence-corrected chi connectivity index (χ0v) is 12.1. The first-order valence-electron chi connectivity index (χ1n) is 6.68. The van der Waals surface area contributed by atoms with Crippen LogP contribution in [0.4, 0.5) is 0 Å². The Bertz CT molecular complexity index is 483. The maximum Gasteiger partial charge on any atom is 0.344 e. The minimum absolute atomic E-state index is 0.0452. The molecule has 0 unspecified atom stereocenters. The Morgan fingerprint density at radius 1 is 1.24 bits per heavy atom. The summed E-state index contributed by atoms with van der Waals surface area (Å²) < 4.78 is 9.96. The quantitative estimate of drug-likeness (QED) is 0.577. The van der Waals surface area contributed by atoms with Crippen LogP contribution in [-0.4, -0.2) is 37.4 Å². The molecule has 1 aromatic carbocycles. The van der Waals surface area contributed by atoms with Crippen LogP contribution in [0.15, 0.2) is 24.3 Å². The molecule has 0 heterocycles.